The highest BCUT2D eigenvalue weighted by Gasteiger charge is 2.37. The SMILES string of the molecule is CC1CCC(C2CCC(OC(F)(F)F)CC2)CC1.Cc1ccc(C2CCC(C)CC2)cc1. The van der Waals surface area contributed by atoms with Gasteiger partial charge in [-0.05, 0) is 93.4 Å². The van der Waals surface area contributed by atoms with Gasteiger partial charge in [0.1, 0.15) is 0 Å². The predicted molar refractivity (Wildman–Crippen MR) is 126 cm³/mol. The fraction of sp³-hybridized carbons (Fsp3) is 0.786. The highest BCUT2D eigenvalue weighted by atomic mass is 19.4. The van der Waals surface area contributed by atoms with Crippen molar-refractivity contribution in [2.24, 2.45) is 23.7 Å². The lowest BCUT2D eigenvalue weighted by Gasteiger charge is -2.37. The van der Waals surface area contributed by atoms with Gasteiger partial charge in [0.2, 0.25) is 0 Å². The smallest absolute Gasteiger partial charge is 0.289 e. The third kappa shape index (κ3) is 8.39. The van der Waals surface area contributed by atoms with E-state index in [2.05, 4.69) is 49.8 Å². The second-order valence-electron chi connectivity index (χ2n) is 11.0. The molecule has 1 aromatic carbocycles. The largest absolute Gasteiger partial charge is 0.522 e. The van der Waals surface area contributed by atoms with Crippen LogP contribution >= 0.6 is 0 Å². The van der Waals surface area contributed by atoms with Crippen LogP contribution < -0.4 is 0 Å². The average Bonchev–Trinajstić information content (AvgIpc) is 2.76. The topological polar surface area (TPSA) is 9.23 Å². The molecule has 0 aliphatic heterocycles. The summed E-state index contributed by atoms with van der Waals surface area (Å²) in [6.07, 6.45) is 8.69. The molecule has 0 unspecified atom stereocenters. The van der Waals surface area contributed by atoms with Gasteiger partial charge in [-0.15, -0.1) is 13.2 Å². The van der Waals surface area contributed by atoms with E-state index in [0.29, 0.717) is 18.8 Å². The minimum absolute atomic E-state index is 0.580. The van der Waals surface area contributed by atoms with E-state index in [-0.39, 0.29) is 0 Å². The summed E-state index contributed by atoms with van der Waals surface area (Å²) < 4.78 is 40.5. The summed E-state index contributed by atoms with van der Waals surface area (Å²) in [6.45, 7) is 6.84. The number of aryl methyl sites for hydroxylation is 1. The number of benzene rings is 1. The molecule has 3 saturated carbocycles. The Morgan fingerprint density at radius 1 is 0.656 bits per heavy atom. The fourth-order valence-corrected chi connectivity index (χ4v) is 6.06. The molecule has 182 valence electrons. The molecule has 0 saturated heterocycles. The lowest BCUT2D eigenvalue weighted by molar-refractivity contribution is -0.346. The van der Waals surface area contributed by atoms with Crippen LogP contribution in [0.4, 0.5) is 13.2 Å². The van der Waals surface area contributed by atoms with E-state index >= 15 is 0 Å². The zero-order valence-corrected chi connectivity index (χ0v) is 20.3. The molecule has 0 spiro atoms. The van der Waals surface area contributed by atoms with Crippen LogP contribution in [-0.2, 0) is 4.74 Å². The van der Waals surface area contributed by atoms with Crippen molar-refractivity contribution in [3.8, 4) is 0 Å². The van der Waals surface area contributed by atoms with E-state index in [4.69, 9.17) is 0 Å². The quantitative estimate of drug-likeness (QED) is 0.444. The first-order valence-electron chi connectivity index (χ1n) is 13.0. The van der Waals surface area contributed by atoms with Gasteiger partial charge in [0.05, 0.1) is 6.10 Å². The summed E-state index contributed by atoms with van der Waals surface area (Å²) in [4.78, 5) is 0. The molecule has 3 aliphatic rings. The maximum atomic E-state index is 12.1. The lowest BCUT2D eigenvalue weighted by atomic mass is 9.71. The summed E-state index contributed by atoms with van der Waals surface area (Å²) in [5.41, 5.74) is 2.93. The summed E-state index contributed by atoms with van der Waals surface area (Å²) in [5.74, 6) is 4.04. The number of alkyl halides is 3. The monoisotopic (exact) mass is 452 g/mol. The molecule has 1 aromatic rings. The van der Waals surface area contributed by atoms with E-state index in [0.717, 1.165) is 36.5 Å². The van der Waals surface area contributed by atoms with E-state index in [1.165, 1.54) is 56.9 Å². The van der Waals surface area contributed by atoms with Crippen molar-refractivity contribution in [3.05, 3.63) is 35.4 Å². The van der Waals surface area contributed by atoms with Gasteiger partial charge in [0.25, 0.3) is 0 Å². The zero-order valence-electron chi connectivity index (χ0n) is 20.3. The minimum atomic E-state index is -4.46. The van der Waals surface area contributed by atoms with Crippen molar-refractivity contribution < 1.29 is 17.9 Å². The molecule has 1 nitrogen and oxygen atoms in total. The molecule has 0 atom stereocenters. The first-order chi connectivity index (χ1) is 15.2. The van der Waals surface area contributed by atoms with E-state index in [9.17, 15) is 13.2 Å². The Bertz CT molecular complexity index is 644. The highest BCUT2D eigenvalue weighted by molar-refractivity contribution is 5.24. The number of hydrogen-bond acceptors (Lipinski definition) is 1. The highest BCUT2D eigenvalue weighted by Crippen LogP contribution is 2.41. The zero-order chi connectivity index (χ0) is 23.1. The number of hydrogen-bond donors (Lipinski definition) is 0. The van der Waals surface area contributed by atoms with Crippen LogP contribution in [0.2, 0.25) is 0 Å². The van der Waals surface area contributed by atoms with E-state index in [1.54, 1.807) is 5.56 Å². The molecule has 4 rings (SSSR count). The molecule has 0 amide bonds. The van der Waals surface area contributed by atoms with Crippen molar-refractivity contribution in [1.82, 2.24) is 0 Å². The third-order valence-corrected chi connectivity index (χ3v) is 8.31. The van der Waals surface area contributed by atoms with Crippen molar-refractivity contribution in [3.63, 3.8) is 0 Å². The molecular weight excluding hydrogens is 409 g/mol. The van der Waals surface area contributed by atoms with Crippen LogP contribution in [0.25, 0.3) is 0 Å². The standard InChI is InChI=1S/C14H23F3O.C14H20/c1-10-2-4-11(5-3-10)12-6-8-13(9-7-12)18-14(15,16)17;1-11-3-7-13(8-4-11)14-9-5-12(2)6-10-14/h10-13H,2-9H2,1H3;3-4,7-8,12,14H,5-6,9-10H2,1-2H3. The fourth-order valence-electron chi connectivity index (χ4n) is 6.06. The normalized spacial score (nSPS) is 33.8. The molecule has 0 heterocycles. The molecule has 3 aliphatic carbocycles. The number of halogens is 3. The third-order valence-electron chi connectivity index (χ3n) is 8.31. The van der Waals surface area contributed by atoms with Crippen LogP contribution in [0.15, 0.2) is 24.3 Å². The Labute approximate surface area is 193 Å². The molecular formula is C28H43F3O. The van der Waals surface area contributed by atoms with Gasteiger partial charge in [-0.25, -0.2) is 0 Å². The molecule has 0 aromatic heterocycles. The molecule has 3 fully saturated rings. The van der Waals surface area contributed by atoms with E-state index < -0.39 is 12.5 Å². The average molecular weight is 453 g/mol. The lowest BCUT2D eigenvalue weighted by Crippen LogP contribution is -2.31. The molecule has 0 radical (unpaired) electrons. The second kappa shape index (κ2) is 11.9. The maximum absolute atomic E-state index is 12.1. The van der Waals surface area contributed by atoms with Crippen LogP contribution in [0.1, 0.15) is 108 Å². The summed E-state index contributed by atoms with van der Waals surface area (Å²) in [5, 5.41) is 0. The first-order valence-corrected chi connectivity index (χ1v) is 13.0. The van der Waals surface area contributed by atoms with Gasteiger partial charge in [-0.2, -0.15) is 0 Å². The van der Waals surface area contributed by atoms with Crippen LogP contribution in [0, 0.1) is 30.6 Å². The van der Waals surface area contributed by atoms with Crippen molar-refractivity contribution in [1.29, 1.82) is 0 Å². The molecule has 0 bridgehead atoms. The molecule has 4 heteroatoms. The summed E-state index contributed by atoms with van der Waals surface area (Å²) in [6, 6.07) is 9.12. The van der Waals surface area contributed by atoms with Gasteiger partial charge >= 0.3 is 6.36 Å². The maximum Gasteiger partial charge on any atom is 0.522 e. The number of ether oxygens (including phenoxy) is 1. The Kier molecular flexibility index (Phi) is 9.52. The van der Waals surface area contributed by atoms with Gasteiger partial charge < -0.3 is 0 Å². The van der Waals surface area contributed by atoms with Crippen LogP contribution in [-0.4, -0.2) is 12.5 Å². The Balaban J connectivity index is 0.000000186. The Morgan fingerprint density at radius 3 is 1.56 bits per heavy atom. The second-order valence-corrected chi connectivity index (χ2v) is 11.0. The first kappa shape index (κ1) is 25.6. The Hall–Kier alpha value is -1.03. The van der Waals surface area contributed by atoms with E-state index in [1.807, 2.05) is 0 Å². The van der Waals surface area contributed by atoms with Gasteiger partial charge in [-0.3, -0.25) is 4.74 Å². The van der Waals surface area contributed by atoms with Crippen molar-refractivity contribution in [2.45, 2.75) is 116 Å². The van der Waals surface area contributed by atoms with Gasteiger partial charge in [0.15, 0.2) is 0 Å². The van der Waals surface area contributed by atoms with Crippen molar-refractivity contribution in [2.75, 3.05) is 0 Å². The molecule has 0 N–H and O–H groups in total. The van der Waals surface area contributed by atoms with Gasteiger partial charge in [0, 0.05) is 0 Å². The Morgan fingerprint density at radius 2 is 1.09 bits per heavy atom. The predicted octanol–water partition coefficient (Wildman–Crippen LogP) is 9.20. The number of rotatable bonds is 3. The summed E-state index contributed by atoms with van der Waals surface area (Å²) >= 11 is 0. The van der Waals surface area contributed by atoms with Crippen LogP contribution in [0.5, 0.6) is 0 Å². The summed E-state index contributed by atoms with van der Waals surface area (Å²) in [7, 11) is 0. The molecule has 32 heavy (non-hydrogen) atoms. The van der Waals surface area contributed by atoms with Crippen molar-refractivity contribution >= 4 is 0 Å². The minimum Gasteiger partial charge on any atom is -0.289 e. The van der Waals surface area contributed by atoms with Gasteiger partial charge in [-0.1, -0.05) is 69.4 Å². The van der Waals surface area contributed by atoms with Crippen LogP contribution in [0.3, 0.4) is 0 Å².